The van der Waals surface area contributed by atoms with Crippen molar-refractivity contribution in [2.75, 3.05) is 26.7 Å². The summed E-state index contributed by atoms with van der Waals surface area (Å²) in [5, 5.41) is 8.83. The van der Waals surface area contributed by atoms with Crippen LogP contribution in [0.5, 0.6) is 0 Å². The highest BCUT2D eigenvalue weighted by Gasteiger charge is 2.26. The molecule has 1 N–H and O–H groups in total. The minimum atomic E-state index is -0.845. The molecular weight excluding hydrogens is 367 g/mol. The minimum absolute atomic E-state index is 0.00878. The lowest BCUT2D eigenvalue weighted by atomic mass is 10.0. The zero-order chi connectivity index (χ0) is 17.0. The van der Waals surface area contributed by atoms with Gasteiger partial charge < -0.3 is 10.0 Å². The summed E-state index contributed by atoms with van der Waals surface area (Å²) in [4.78, 5) is 26.7. The summed E-state index contributed by atoms with van der Waals surface area (Å²) < 4.78 is 14.0. The number of likely N-dealkylation sites (tertiary alicyclic amines) is 1. The predicted octanol–water partition coefficient (Wildman–Crippen LogP) is 2.14. The van der Waals surface area contributed by atoms with Crippen LogP contribution in [0.1, 0.15) is 18.4 Å². The molecule has 5 nitrogen and oxygen atoms in total. The van der Waals surface area contributed by atoms with Gasteiger partial charge in [-0.15, -0.1) is 0 Å². The number of rotatable bonds is 5. The number of likely N-dealkylation sites (N-methyl/N-ethyl adjacent to an activating group) is 1. The van der Waals surface area contributed by atoms with Gasteiger partial charge in [0.05, 0.1) is 13.0 Å². The quantitative estimate of drug-likeness (QED) is 0.841. The molecule has 1 aromatic carbocycles. The van der Waals surface area contributed by atoms with Crippen LogP contribution < -0.4 is 0 Å². The molecule has 0 bridgehead atoms. The van der Waals surface area contributed by atoms with E-state index in [0.29, 0.717) is 18.7 Å². The molecule has 0 unspecified atom stereocenters. The van der Waals surface area contributed by atoms with Crippen LogP contribution in [-0.2, 0) is 16.0 Å². The molecule has 23 heavy (non-hydrogen) atoms. The molecule has 1 fully saturated rings. The van der Waals surface area contributed by atoms with Crippen molar-refractivity contribution >= 4 is 27.8 Å². The highest BCUT2D eigenvalue weighted by atomic mass is 79.9. The summed E-state index contributed by atoms with van der Waals surface area (Å²) in [6.45, 7) is 1.20. The van der Waals surface area contributed by atoms with E-state index in [0.717, 1.165) is 17.3 Å². The van der Waals surface area contributed by atoms with Gasteiger partial charge in [0.2, 0.25) is 5.91 Å². The molecule has 1 aliphatic heterocycles. The lowest BCUT2D eigenvalue weighted by Gasteiger charge is -2.36. The van der Waals surface area contributed by atoms with Crippen LogP contribution in [0.15, 0.2) is 22.7 Å². The Hall–Kier alpha value is -1.47. The van der Waals surface area contributed by atoms with E-state index in [-0.39, 0.29) is 30.7 Å². The number of aliphatic carboxylic acids is 1. The fraction of sp³-hybridized carbons (Fsp3) is 0.500. The normalized spacial score (nSPS) is 15.9. The van der Waals surface area contributed by atoms with Crippen molar-refractivity contribution < 1.29 is 19.1 Å². The number of nitrogens with zero attached hydrogens (tertiary/aromatic N) is 2. The lowest BCUT2D eigenvalue weighted by Crippen LogP contribution is -2.47. The smallest absolute Gasteiger partial charge is 0.317 e. The average molecular weight is 387 g/mol. The zero-order valence-electron chi connectivity index (χ0n) is 13.0. The molecular formula is C16H20BrFN2O3. The number of carbonyl (C=O) groups excluding carboxylic acids is 1. The van der Waals surface area contributed by atoms with E-state index < -0.39 is 5.97 Å². The predicted molar refractivity (Wildman–Crippen MR) is 87.7 cm³/mol. The van der Waals surface area contributed by atoms with Gasteiger partial charge in [0.1, 0.15) is 5.82 Å². The van der Waals surface area contributed by atoms with Crippen LogP contribution in [-0.4, -0.2) is 59.5 Å². The molecule has 1 aliphatic rings. The second-order valence-corrected chi connectivity index (χ2v) is 6.69. The summed E-state index contributed by atoms with van der Waals surface area (Å²) >= 11 is 3.33. The van der Waals surface area contributed by atoms with E-state index in [9.17, 15) is 14.0 Å². The SMILES string of the molecule is CN(CC(=O)O)C1CCN(C(=O)Cc2cc(F)ccc2Br)CC1. The average Bonchev–Trinajstić information content (AvgIpc) is 2.50. The van der Waals surface area contributed by atoms with E-state index in [4.69, 9.17) is 5.11 Å². The summed E-state index contributed by atoms with van der Waals surface area (Å²) in [7, 11) is 1.79. The first-order valence-electron chi connectivity index (χ1n) is 7.50. The molecule has 2 rings (SSSR count). The molecule has 0 radical (unpaired) electrons. The summed E-state index contributed by atoms with van der Waals surface area (Å²) in [5.74, 6) is -1.23. The Morgan fingerprint density at radius 1 is 1.39 bits per heavy atom. The van der Waals surface area contributed by atoms with Gasteiger partial charge in [0.25, 0.3) is 0 Å². The highest BCUT2D eigenvalue weighted by molar-refractivity contribution is 9.10. The third-order valence-corrected chi connectivity index (χ3v) is 4.95. The Balaban J connectivity index is 1.88. The molecule has 126 valence electrons. The largest absolute Gasteiger partial charge is 0.480 e. The summed E-state index contributed by atoms with van der Waals surface area (Å²) in [6, 6.07) is 4.50. The number of carboxylic acid groups (broad SMARTS) is 1. The molecule has 1 aromatic rings. The van der Waals surface area contributed by atoms with Crippen LogP contribution in [0.25, 0.3) is 0 Å². The topological polar surface area (TPSA) is 60.9 Å². The third-order valence-electron chi connectivity index (χ3n) is 4.17. The number of halogens is 2. The van der Waals surface area contributed by atoms with Gasteiger partial charge in [0, 0.05) is 23.6 Å². The fourth-order valence-corrected chi connectivity index (χ4v) is 3.24. The van der Waals surface area contributed by atoms with Gasteiger partial charge in [-0.3, -0.25) is 14.5 Å². The van der Waals surface area contributed by atoms with Crippen LogP contribution in [0.2, 0.25) is 0 Å². The molecule has 1 heterocycles. The number of piperidine rings is 1. The maximum Gasteiger partial charge on any atom is 0.317 e. The molecule has 1 amide bonds. The molecule has 0 aromatic heterocycles. The van der Waals surface area contributed by atoms with Gasteiger partial charge >= 0.3 is 5.97 Å². The summed E-state index contributed by atoms with van der Waals surface area (Å²) in [6.07, 6.45) is 1.66. The Bertz CT molecular complexity index is 589. The number of carbonyl (C=O) groups is 2. The first kappa shape index (κ1) is 17.9. The molecule has 0 spiro atoms. The van der Waals surface area contributed by atoms with Crippen LogP contribution >= 0.6 is 15.9 Å². The van der Waals surface area contributed by atoms with Gasteiger partial charge in [-0.25, -0.2) is 4.39 Å². The molecule has 0 saturated carbocycles. The van der Waals surface area contributed by atoms with E-state index in [1.54, 1.807) is 18.0 Å². The minimum Gasteiger partial charge on any atom is -0.480 e. The van der Waals surface area contributed by atoms with Gasteiger partial charge in [-0.05, 0) is 43.7 Å². The fourth-order valence-electron chi connectivity index (χ4n) is 2.85. The van der Waals surface area contributed by atoms with E-state index in [2.05, 4.69) is 15.9 Å². The second kappa shape index (κ2) is 7.88. The summed E-state index contributed by atoms with van der Waals surface area (Å²) in [5.41, 5.74) is 0.639. The standard InChI is InChI=1S/C16H20BrFN2O3/c1-19(10-16(22)23)13-4-6-20(7-5-13)15(21)9-11-8-12(18)2-3-14(11)17/h2-3,8,13H,4-7,9-10H2,1H3,(H,22,23). The van der Waals surface area contributed by atoms with Crippen LogP contribution in [0.3, 0.4) is 0 Å². The van der Waals surface area contributed by atoms with Crippen molar-refractivity contribution in [2.24, 2.45) is 0 Å². The Morgan fingerprint density at radius 3 is 2.65 bits per heavy atom. The lowest BCUT2D eigenvalue weighted by molar-refractivity contribution is -0.139. The van der Waals surface area contributed by atoms with Crippen molar-refractivity contribution in [1.29, 1.82) is 0 Å². The van der Waals surface area contributed by atoms with Crippen molar-refractivity contribution in [3.63, 3.8) is 0 Å². The maximum atomic E-state index is 13.3. The zero-order valence-corrected chi connectivity index (χ0v) is 14.6. The van der Waals surface area contributed by atoms with Crippen molar-refractivity contribution in [1.82, 2.24) is 9.80 Å². The number of benzene rings is 1. The van der Waals surface area contributed by atoms with Crippen molar-refractivity contribution in [3.8, 4) is 0 Å². The van der Waals surface area contributed by atoms with Gasteiger partial charge in [-0.1, -0.05) is 15.9 Å². The monoisotopic (exact) mass is 386 g/mol. The number of hydrogen-bond donors (Lipinski definition) is 1. The third kappa shape index (κ3) is 5.00. The Kier molecular flexibility index (Phi) is 6.12. The number of hydrogen-bond acceptors (Lipinski definition) is 3. The van der Waals surface area contributed by atoms with E-state index >= 15 is 0 Å². The maximum absolute atomic E-state index is 13.3. The number of carboxylic acids is 1. The second-order valence-electron chi connectivity index (χ2n) is 5.83. The first-order chi connectivity index (χ1) is 10.9. The molecule has 0 aliphatic carbocycles. The van der Waals surface area contributed by atoms with Gasteiger partial charge in [0.15, 0.2) is 0 Å². The van der Waals surface area contributed by atoms with Crippen molar-refractivity contribution in [2.45, 2.75) is 25.3 Å². The van der Waals surface area contributed by atoms with Gasteiger partial charge in [-0.2, -0.15) is 0 Å². The van der Waals surface area contributed by atoms with Crippen molar-refractivity contribution in [3.05, 3.63) is 34.1 Å². The number of amides is 1. The highest BCUT2D eigenvalue weighted by Crippen LogP contribution is 2.21. The Morgan fingerprint density at radius 2 is 2.04 bits per heavy atom. The van der Waals surface area contributed by atoms with Crippen LogP contribution in [0, 0.1) is 5.82 Å². The Labute approximate surface area is 143 Å². The van der Waals surface area contributed by atoms with E-state index in [1.807, 2.05) is 4.90 Å². The van der Waals surface area contributed by atoms with E-state index in [1.165, 1.54) is 12.1 Å². The molecule has 0 atom stereocenters. The molecule has 1 saturated heterocycles. The first-order valence-corrected chi connectivity index (χ1v) is 8.30. The molecule has 7 heteroatoms. The van der Waals surface area contributed by atoms with Crippen LogP contribution in [0.4, 0.5) is 4.39 Å².